The van der Waals surface area contributed by atoms with Gasteiger partial charge in [-0.3, -0.25) is 9.59 Å². The van der Waals surface area contributed by atoms with Gasteiger partial charge < -0.3 is 4.74 Å². The van der Waals surface area contributed by atoms with E-state index in [1.165, 1.54) is 0 Å². The molecule has 0 aromatic heterocycles. The van der Waals surface area contributed by atoms with Gasteiger partial charge in [0.15, 0.2) is 6.10 Å². The van der Waals surface area contributed by atoms with E-state index in [-0.39, 0.29) is 5.78 Å². The lowest BCUT2D eigenvalue weighted by Gasteiger charge is -2.23. The zero-order chi connectivity index (χ0) is 21.3. The molecule has 150 valence electrons. The number of hydrogen-bond donors (Lipinski definition) is 0. The maximum Gasteiger partial charge on any atom is 0.312 e. The van der Waals surface area contributed by atoms with Crippen LogP contribution in [0.1, 0.15) is 42.8 Å². The molecule has 0 aliphatic carbocycles. The summed E-state index contributed by atoms with van der Waals surface area (Å²) in [5, 5.41) is 4.10. The van der Waals surface area contributed by atoms with Crippen molar-refractivity contribution in [2.75, 3.05) is 0 Å². The van der Waals surface area contributed by atoms with Crippen LogP contribution in [0.4, 0.5) is 0 Å². The maximum atomic E-state index is 13.5. The molecule has 3 heteroatoms. The van der Waals surface area contributed by atoms with Gasteiger partial charge in [-0.1, -0.05) is 72.8 Å². The standard InChI is InChI=1S/C27H24O3/c1-27(2,3)26(29)30-25(23-15-13-19-9-5-7-11-21(19)17-23)24(28)22-14-12-18-8-4-6-10-20(18)16-22/h4-17,25H,1-3H3. The van der Waals surface area contributed by atoms with Crippen LogP contribution in [0, 0.1) is 5.41 Å². The van der Waals surface area contributed by atoms with Gasteiger partial charge in [0.1, 0.15) is 0 Å². The van der Waals surface area contributed by atoms with Crippen molar-refractivity contribution >= 4 is 33.3 Å². The second kappa shape index (κ2) is 7.75. The fourth-order valence-electron chi connectivity index (χ4n) is 3.42. The van der Waals surface area contributed by atoms with Crippen molar-refractivity contribution in [3.8, 4) is 0 Å². The lowest BCUT2D eigenvalue weighted by atomic mass is 9.94. The summed E-state index contributed by atoms with van der Waals surface area (Å²) in [7, 11) is 0. The van der Waals surface area contributed by atoms with Crippen molar-refractivity contribution < 1.29 is 14.3 Å². The molecule has 0 fully saturated rings. The van der Waals surface area contributed by atoms with E-state index in [4.69, 9.17) is 4.74 Å². The van der Waals surface area contributed by atoms with Crippen molar-refractivity contribution in [1.29, 1.82) is 0 Å². The van der Waals surface area contributed by atoms with Crippen LogP contribution in [0.25, 0.3) is 21.5 Å². The number of Topliss-reactive ketones (excluding diaryl/α,β-unsaturated/α-hetero) is 1. The molecule has 30 heavy (non-hydrogen) atoms. The van der Waals surface area contributed by atoms with E-state index in [0.717, 1.165) is 21.5 Å². The zero-order valence-corrected chi connectivity index (χ0v) is 17.4. The number of esters is 1. The Balaban J connectivity index is 1.78. The molecule has 0 N–H and O–H groups in total. The number of ketones is 1. The average Bonchev–Trinajstić information content (AvgIpc) is 2.75. The normalized spacial score (nSPS) is 12.6. The Labute approximate surface area is 176 Å². The fraction of sp³-hybridized carbons (Fsp3) is 0.185. The molecule has 0 heterocycles. The highest BCUT2D eigenvalue weighted by molar-refractivity contribution is 6.04. The molecule has 0 radical (unpaired) electrons. The molecule has 4 rings (SSSR count). The Morgan fingerprint density at radius 1 is 0.700 bits per heavy atom. The largest absolute Gasteiger partial charge is 0.449 e. The molecular weight excluding hydrogens is 372 g/mol. The minimum atomic E-state index is -0.998. The Morgan fingerprint density at radius 2 is 1.23 bits per heavy atom. The number of ether oxygens (including phenoxy) is 1. The molecule has 1 atom stereocenters. The van der Waals surface area contributed by atoms with Gasteiger partial charge in [-0.05, 0) is 54.4 Å². The predicted molar refractivity (Wildman–Crippen MR) is 121 cm³/mol. The highest BCUT2D eigenvalue weighted by Crippen LogP contribution is 2.30. The maximum absolute atomic E-state index is 13.5. The smallest absolute Gasteiger partial charge is 0.312 e. The molecule has 0 amide bonds. The average molecular weight is 396 g/mol. The Kier molecular flexibility index (Phi) is 5.13. The van der Waals surface area contributed by atoms with E-state index < -0.39 is 17.5 Å². The van der Waals surface area contributed by atoms with Crippen LogP contribution in [-0.4, -0.2) is 11.8 Å². The third-order valence-corrected chi connectivity index (χ3v) is 5.19. The Bertz CT molecular complexity index is 1250. The Hall–Kier alpha value is -3.46. The highest BCUT2D eigenvalue weighted by Gasteiger charge is 2.31. The van der Waals surface area contributed by atoms with E-state index >= 15 is 0 Å². The van der Waals surface area contributed by atoms with Crippen LogP contribution < -0.4 is 0 Å². The summed E-state index contributed by atoms with van der Waals surface area (Å²) in [5.74, 6) is -0.636. The molecule has 1 unspecified atom stereocenters. The number of carbonyl (C=O) groups excluding carboxylic acids is 2. The summed E-state index contributed by atoms with van der Waals surface area (Å²) in [4.78, 5) is 26.2. The van der Waals surface area contributed by atoms with Gasteiger partial charge in [0.05, 0.1) is 5.41 Å². The van der Waals surface area contributed by atoms with Crippen molar-refractivity contribution in [2.24, 2.45) is 5.41 Å². The van der Waals surface area contributed by atoms with Gasteiger partial charge in [0.2, 0.25) is 5.78 Å². The molecule has 4 aromatic rings. The van der Waals surface area contributed by atoms with E-state index in [1.54, 1.807) is 26.8 Å². The molecule has 0 aliphatic heterocycles. The quantitative estimate of drug-likeness (QED) is 0.292. The van der Waals surface area contributed by atoms with Gasteiger partial charge >= 0.3 is 5.97 Å². The van der Waals surface area contributed by atoms with Gasteiger partial charge in [-0.2, -0.15) is 0 Å². The molecule has 0 bridgehead atoms. The van der Waals surface area contributed by atoms with Crippen LogP contribution >= 0.6 is 0 Å². The first kappa shape index (κ1) is 19.8. The Morgan fingerprint density at radius 3 is 1.83 bits per heavy atom. The summed E-state index contributed by atoms with van der Waals surface area (Å²) in [6.45, 7) is 5.36. The summed E-state index contributed by atoms with van der Waals surface area (Å²) < 4.78 is 5.79. The van der Waals surface area contributed by atoms with E-state index in [0.29, 0.717) is 11.1 Å². The third-order valence-electron chi connectivity index (χ3n) is 5.19. The predicted octanol–water partition coefficient (Wildman–Crippen LogP) is 6.51. The summed E-state index contributed by atoms with van der Waals surface area (Å²) in [6.07, 6.45) is -0.998. The van der Waals surface area contributed by atoms with Crippen LogP contribution in [0.2, 0.25) is 0 Å². The summed E-state index contributed by atoms with van der Waals surface area (Å²) in [6, 6.07) is 27.1. The molecular formula is C27H24O3. The minimum Gasteiger partial charge on any atom is -0.449 e. The molecule has 4 aromatic carbocycles. The lowest BCUT2D eigenvalue weighted by Crippen LogP contribution is -2.28. The molecule has 0 spiro atoms. The second-order valence-corrected chi connectivity index (χ2v) is 8.57. The highest BCUT2D eigenvalue weighted by atomic mass is 16.5. The molecule has 0 saturated carbocycles. The third kappa shape index (κ3) is 3.97. The monoisotopic (exact) mass is 396 g/mol. The van der Waals surface area contributed by atoms with Gasteiger partial charge in [-0.15, -0.1) is 0 Å². The number of hydrogen-bond acceptors (Lipinski definition) is 3. The van der Waals surface area contributed by atoms with E-state index in [2.05, 4.69) is 0 Å². The van der Waals surface area contributed by atoms with Crippen molar-refractivity contribution in [1.82, 2.24) is 0 Å². The molecule has 3 nitrogen and oxygen atoms in total. The van der Waals surface area contributed by atoms with Gasteiger partial charge in [0.25, 0.3) is 0 Å². The van der Waals surface area contributed by atoms with Crippen LogP contribution in [0.5, 0.6) is 0 Å². The minimum absolute atomic E-state index is 0.228. The zero-order valence-electron chi connectivity index (χ0n) is 17.4. The van der Waals surface area contributed by atoms with E-state index in [1.807, 2.05) is 78.9 Å². The first-order valence-corrected chi connectivity index (χ1v) is 10.1. The van der Waals surface area contributed by atoms with Crippen LogP contribution in [0.3, 0.4) is 0 Å². The van der Waals surface area contributed by atoms with Gasteiger partial charge in [-0.25, -0.2) is 0 Å². The first-order chi connectivity index (χ1) is 14.3. The fourth-order valence-corrected chi connectivity index (χ4v) is 3.42. The molecule has 0 saturated heterocycles. The van der Waals surface area contributed by atoms with Crippen molar-refractivity contribution in [2.45, 2.75) is 26.9 Å². The van der Waals surface area contributed by atoms with Gasteiger partial charge in [0, 0.05) is 11.1 Å². The number of carbonyl (C=O) groups is 2. The van der Waals surface area contributed by atoms with Crippen LogP contribution in [0.15, 0.2) is 84.9 Å². The molecule has 0 aliphatic rings. The second-order valence-electron chi connectivity index (χ2n) is 8.57. The van der Waals surface area contributed by atoms with Crippen molar-refractivity contribution in [3.63, 3.8) is 0 Å². The number of benzene rings is 4. The van der Waals surface area contributed by atoms with Crippen LogP contribution in [-0.2, 0) is 9.53 Å². The number of rotatable bonds is 4. The topological polar surface area (TPSA) is 43.4 Å². The first-order valence-electron chi connectivity index (χ1n) is 10.1. The lowest BCUT2D eigenvalue weighted by molar-refractivity contribution is -0.156. The SMILES string of the molecule is CC(C)(C)C(=O)OC(C(=O)c1ccc2ccccc2c1)c1ccc2ccccc2c1. The summed E-state index contributed by atoms with van der Waals surface area (Å²) >= 11 is 0. The van der Waals surface area contributed by atoms with E-state index in [9.17, 15) is 9.59 Å². The number of fused-ring (bicyclic) bond motifs is 2. The van der Waals surface area contributed by atoms with Crippen molar-refractivity contribution in [3.05, 3.63) is 96.1 Å². The summed E-state index contributed by atoms with van der Waals surface area (Å²) in [5.41, 5.74) is 0.483.